The van der Waals surface area contributed by atoms with Crippen molar-refractivity contribution in [2.45, 2.75) is 20.3 Å². The summed E-state index contributed by atoms with van der Waals surface area (Å²) in [5.74, 6) is 0.189. The monoisotopic (exact) mass is 403 g/mol. The first-order chi connectivity index (χ1) is 11.9. The van der Waals surface area contributed by atoms with Crippen molar-refractivity contribution in [3.05, 3.63) is 53.0 Å². The Morgan fingerprint density at radius 3 is 2.20 bits per heavy atom. The number of anilines is 3. The molecule has 0 unspecified atom stereocenters. The molecule has 0 aliphatic rings. The summed E-state index contributed by atoms with van der Waals surface area (Å²) in [7, 11) is 0. The lowest BCUT2D eigenvalue weighted by Gasteiger charge is -2.10. The minimum atomic E-state index is -0.138. The predicted molar refractivity (Wildman–Crippen MR) is 106 cm³/mol. The molecule has 0 spiro atoms. The van der Waals surface area contributed by atoms with E-state index in [0.717, 1.165) is 21.5 Å². The molecular weight excluding hydrogens is 382 g/mol. The summed E-state index contributed by atoms with van der Waals surface area (Å²) in [6.45, 7) is 4.16. The highest BCUT2D eigenvalue weighted by Crippen LogP contribution is 2.21. The lowest BCUT2D eigenvalue weighted by Crippen LogP contribution is -2.21. The smallest absolute Gasteiger partial charge is 0.243 e. The fourth-order valence-electron chi connectivity index (χ4n) is 2.19. The molecule has 0 aliphatic carbocycles. The summed E-state index contributed by atoms with van der Waals surface area (Å²) in [5.41, 5.74) is 2.29. The minimum absolute atomic E-state index is 0.00326. The van der Waals surface area contributed by atoms with Crippen LogP contribution in [0.15, 0.2) is 53.0 Å². The topological polar surface area (TPSA) is 70.2 Å². The van der Waals surface area contributed by atoms with Gasteiger partial charge in [0.1, 0.15) is 0 Å². The van der Waals surface area contributed by atoms with Crippen LogP contribution in [0.4, 0.5) is 17.1 Å². The lowest BCUT2D eigenvalue weighted by molar-refractivity contribution is -0.117. The number of benzene rings is 2. The Kier molecular flexibility index (Phi) is 7.01. The zero-order valence-corrected chi connectivity index (χ0v) is 15.9. The Labute approximate surface area is 156 Å². The maximum Gasteiger partial charge on any atom is 0.243 e. The molecule has 0 aliphatic heterocycles. The van der Waals surface area contributed by atoms with Crippen LogP contribution < -0.4 is 16.0 Å². The second-order valence-electron chi connectivity index (χ2n) is 6.11. The van der Waals surface area contributed by atoms with Crippen LogP contribution in [-0.2, 0) is 9.59 Å². The quantitative estimate of drug-likeness (QED) is 0.637. The second kappa shape index (κ2) is 9.22. The maximum atomic E-state index is 12.0. The van der Waals surface area contributed by atoms with E-state index in [9.17, 15) is 9.59 Å². The Morgan fingerprint density at radius 1 is 0.920 bits per heavy atom. The van der Waals surface area contributed by atoms with Gasteiger partial charge >= 0.3 is 0 Å². The van der Waals surface area contributed by atoms with Gasteiger partial charge in [-0.1, -0.05) is 26.0 Å². The number of amides is 2. The van der Waals surface area contributed by atoms with Crippen molar-refractivity contribution < 1.29 is 9.59 Å². The van der Waals surface area contributed by atoms with E-state index in [0.29, 0.717) is 12.3 Å². The molecule has 0 aromatic heterocycles. The summed E-state index contributed by atoms with van der Waals surface area (Å²) in [4.78, 5) is 23.7. The Bertz CT molecular complexity index is 730. The van der Waals surface area contributed by atoms with Gasteiger partial charge in [-0.2, -0.15) is 0 Å². The van der Waals surface area contributed by atoms with Crippen molar-refractivity contribution in [3.8, 4) is 0 Å². The van der Waals surface area contributed by atoms with Crippen molar-refractivity contribution in [2.24, 2.45) is 5.92 Å². The number of para-hydroxylation sites is 1. The number of hydrogen-bond acceptors (Lipinski definition) is 3. The van der Waals surface area contributed by atoms with Gasteiger partial charge in [-0.05, 0) is 58.2 Å². The van der Waals surface area contributed by atoms with Crippen LogP contribution in [0.3, 0.4) is 0 Å². The third-order valence-corrected chi connectivity index (χ3v) is 4.05. The number of hydrogen-bond donors (Lipinski definition) is 3. The summed E-state index contributed by atoms with van der Waals surface area (Å²) in [6, 6.07) is 14.7. The number of carbonyl (C=O) groups is 2. The number of nitrogens with one attached hydrogen (secondary N) is 3. The molecule has 2 aromatic carbocycles. The van der Waals surface area contributed by atoms with Crippen LogP contribution in [0.5, 0.6) is 0 Å². The van der Waals surface area contributed by atoms with E-state index in [-0.39, 0.29) is 18.4 Å². The summed E-state index contributed by atoms with van der Waals surface area (Å²) >= 11 is 3.39. The van der Waals surface area contributed by atoms with E-state index in [1.807, 2.05) is 62.4 Å². The first-order valence-electron chi connectivity index (χ1n) is 8.12. The van der Waals surface area contributed by atoms with E-state index in [1.54, 1.807) is 0 Å². The molecule has 0 heterocycles. The standard InChI is InChI=1S/C19H22BrN3O2/c1-13(2)11-18(24)22-15-9-7-14(8-10-15)21-12-19(25)23-17-6-4-3-5-16(17)20/h3-10,13,21H,11-12H2,1-2H3,(H,22,24)(H,23,25). The molecule has 2 amide bonds. The fraction of sp³-hybridized carbons (Fsp3) is 0.263. The lowest BCUT2D eigenvalue weighted by atomic mass is 10.1. The molecule has 0 fully saturated rings. The van der Waals surface area contributed by atoms with E-state index >= 15 is 0 Å². The Morgan fingerprint density at radius 2 is 1.56 bits per heavy atom. The van der Waals surface area contributed by atoms with Crippen LogP contribution in [0.2, 0.25) is 0 Å². The molecule has 132 valence electrons. The van der Waals surface area contributed by atoms with Crippen LogP contribution in [0, 0.1) is 5.92 Å². The highest BCUT2D eigenvalue weighted by molar-refractivity contribution is 9.10. The van der Waals surface area contributed by atoms with Gasteiger partial charge in [0.05, 0.1) is 12.2 Å². The molecule has 0 saturated heterocycles. The predicted octanol–water partition coefficient (Wildman–Crippen LogP) is 4.48. The molecule has 6 heteroatoms. The molecule has 0 saturated carbocycles. The van der Waals surface area contributed by atoms with Crippen molar-refractivity contribution >= 4 is 44.8 Å². The zero-order chi connectivity index (χ0) is 18.2. The van der Waals surface area contributed by atoms with E-state index in [4.69, 9.17) is 0 Å². The van der Waals surface area contributed by atoms with Crippen LogP contribution in [0.1, 0.15) is 20.3 Å². The van der Waals surface area contributed by atoms with E-state index in [2.05, 4.69) is 31.9 Å². The summed E-state index contributed by atoms with van der Waals surface area (Å²) in [5, 5.41) is 8.74. The van der Waals surface area contributed by atoms with Crippen molar-refractivity contribution in [1.29, 1.82) is 0 Å². The first-order valence-corrected chi connectivity index (χ1v) is 8.91. The second-order valence-corrected chi connectivity index (χ2v) is 6.96. The minimum Gasteiger partial charge on any atom is -0.376 e. The Balaban J connectivity index is 1.82. The average Bonchev–Trinajstić information content (AvgIpc) is 2.55. The van der Waals surface area contributed by atoms with Gasteiger partial charge in [-0.15, -0.1) is 0 Å². The highest BCUT2D eigenvalue weighted by atomic mass is 79.9. The number of rotatable bonds is 7. The summed E-state index contributed by atoms with van der Waals surface area (Å²) in [6.07, 6.45) is 0.495. The zero-order valence-electron chi connectivity index (χ0n) is 14.3. The maximum absolute atomic E-state index is 12.0. The van der Waals surface area contributed by atoms with Crippen LogP contribution in [-0.4, -0.2) is 18.4 Å². The largest absolute Gasteiger partial charge is 0.376 e. The van der Waals surface area contributed by atoms with Crippen molar-refractivity contribution in [1.82, 2.24) is 0 Å². The van der Waals surface area contributed by atoms with Crippen molar-refractivity contribution in [3.63, 3.8) is 0 Å². The van der Waals surface area contributed by atoms with Crippen LogP contribution >= 0.6 is 15.9 Å². The molecular formula is C19H22BrN3O2. The molecule has 2 aromatic rings. The SMILES string of the molecule is CC(C)CC(=O)Nc1ccc(NCC(=O)Nc2ccccc2Br)cc1. The van der Waals surface area contributed by atoms with E-state index in [1.165, 1.54) is 0 Å². The molecule has 5 nitrogen and oxygen atoms in total. The number of carbonyl (C=O) groups excluding carboxylic acids is 2. The third-order valence-electron chi connectivity index (χ3n) is 3.36. The third kappa shape index (κ3) is 6.58. The van der Waals surface area contributed by atoms with Gasteiger partial charge < -0.3 is 16.0 Å². The first kappa shape index (κ1) is 19.0. The van der Waals surface area contributed by atoms with E-state index < -0.39 is 0 Å². The van der Waals surface area contributed by atoms with Gasteiger partial charge in [0.25, 0.3) is 0 Å². The molecule has 0 atom stereocenters. The van der Waals surface area contributed by atoms with Crippen molar-refractivity contribution in [2.75, 3.05) is 22.5 Å². The molecule has 25 heavy (non-hydrogen) atoms. The Hall–Kier alpha value is -2.34. The van der Waals surface area contributed by atoms with Gasteiger partial charge in [0.15, 0.2) is 0 Å². The van der Waals surface area contributed by atoms with Gasteiger partial charge in [0, 0.05) is 22.3 Å². The fourth-order valence-corrected chi connectivity index (χ4v) is 2.58. The summed E-state index contributed by atoms with van der Waals surface area (Å²) < 4.78 is 0.838. The molecule has 0 radical (unpaired) electrons. The highest BCUT2D eigenvalue weighted by Gasteiger charge is 2.06. The number of halogens is 1. The average molecular weight is 404 g/mol. The molecule has 0 bridgehead atoms. The van der Waals surface area contributed by atoms with Crippen LogP contribution in [0.25, 0.3) is 0 Å². The van der Waals surface area contributed by atoms with Gasteiger partial charge in [-0.25, -0.2) is 0 Å². The van der Waals surface area contributed by atoms with Gasteiger partial charge in [-0.3, -0.25) is 9.59 Å². The molecule has 2 rings (SSSR count). The molecule has 3 N–H and O–H groups in total. The van der Waals surface area contributed by atoms with Gasteiger partial charge in [0.2, 0.25) is 11.8 Å². The normalized spacial score (nSPS) is 10.4.